The number of hydrogen-bond donors (Lipinski definition) is 0. The molecular formula is C14H18N2O. The zero-order valence-electron chi connectivity index (χ0n) is 10.2. The maximum absolute atomic E-state index is 8.78. The van der Waals surface area contributed by atoms with Gasteiger partial charge in [-0.2, -0.15) is 5.26 Å². The molecule has 90 valence electrons. The van der Waals surface area contributed by atoms with E-state index in [-0.39, 0.29) is 0 Å². The summed E-state index contributed by atoms with van der Waals surface area (Å²) in [5.74, 6) is 0.796. The largest absolute Gasteiger partial charge is 0.493 e. The second kappa shape index (κ2) is 5.70. The first-order valence-electron chi connectivity index (χ1n) is 6.13. The van der Waals surface area contributed by atoms with E-state index in [1.165, 1.54) is 19.4 Å². The summed E-state index contributed by atoms with van der Waals surface area (Å²) in [6, 6.07) is 10.1. The molecule has 2 rings (SSSR count). The highest BCUT2D eigenvalue weighted by atomic mass is 16.5. The normalized spacial score (nSPS) is 20.1. The van der Waals surface area contributed by atoms with E-state index in [4.69, 9.17) is 10.00 Å². The lowest BCUT2D eigenvalue weighted by Gasteiger charge is -2.19. The predicted molar refractivity (Wildman–Crippen MR) is 66.9 cm³/mol. The van der Waals surface area contributed by atoms with E-state index in [1.807, 2.05) is 12.1 Å². The SMILES string of the molecule is CN1CCCC1CCOc1cccc(C#N)c1. The number of ether oxygens (including phenoxy) is 1. The molecule has 3 heteroatoms. The highest BCUT2D eigenvalue weighted by Gasteiger charge is 2.20. The van der Waals surface area contributed by atoms with Crippen molar-refractivity contribution in [1.29, 1.82) is 5.26 Å². The molecule has 0 saturated carbocycles. The number of hydrogen-bond acceptors (Lipinski definition) is 3. The second-order valence-corrected chi connectivity index (χ2v) is 4.55. The first-order valence-corrected chi connectivity index (χ1v) is 6.13. The Bertz CT molecular complexity index is 411. The molecule has 1 atom stereocenters. The fraction of sp³-hybridized carbons (Fsp3) is 0.500. The average molecular weight is 230 g/mol. The van der Waals surface area contributed by atoms with Crippen molar-refractivity contribution in [2.45, 2.75) is 25.3 Å². The molecule has 1 saturated heterocycles. The Hall–Kier alpha value is -1.53. The Balaban J connectivity index is 1.80. The van der Waals surface area contributed by atoms with Crippen molar-refractivity contribution in [1.82, 2.24) is 4.90 Å². The minimum absolute atomic E-state index is 0.653. The highest BCUT2D eigenvalue weighted by Crippen LogP contribution is 2.19. The van der Waals surface area contributed by atoms with Crippen LogP contribution in [0.2, 0.25) is 0 Å². The van der Waals surface area contributed by atoms with Crippen LogP contribution in [0.4, 0.5) is 0 Å². The van der Waals surface area contributed by atoms with Gasteiger partial charge in [0, 0.05) is 6.04 Å². The Labute approximate surface area is 103 Å². The molecule has 3 nitrogen and oxygen atoms in total. The van der Waals surface area contributed by atoms with Crippen LogP contribution in [0.1, 0.15) is 24.8 Å². The molecular weight excluding hydrogens is 212 g/mol. The maximum atomic E-state index is 8.78. The van der Waals surface area contributed by atoms with Crippen LogP contribution in [-0.4, -0.2) is 31.1 Å². The summed E-state index contributed by atoms with van der Waals surface area (Å²) in [5, 5.41) is 8.78. The van der Waals surface area contributed by atoms with Gasteiger partial charge in [-0.05, 0) is 51.1 Å². The molecule has 1 aliphatic rings. The van der Waals surface area contributed by atoms with Crippen LogP contribution >= 0.6 is 0 Å². The minimum atomic E-state index is 0.653. The number of rotatable bonds is 4. The van der Waals surface area contributed by atoms with Crippen molar-refractivity contribution < 1.29 is 4.74 Å². The van der Waals surface area contributed by atoms with Crippen LogP contribution in [-0.2, 0) is 0 Å². The van der Waals surface area contributed by atoms with E-state index >= 15 is 0 Å². The average Bonchev–Trinajstić information content (AvgIpc) is 2.76. The topological polar surface area (TPSA) is 36.3 Å². The number of nitriles is 1. The first-order chi connectivity index (χ1) is 8.29. The zero-order chi connectivity index (χ0) is 12.1. The van der Waals surface area contributed by atoms with Crippen molar-refractivity contribution in [3.8, 4) is 11.8 Å². The van der Waals surface area contributed by atoms with Gasteiger partial charge in [0.05, 0.1) is 18.2 Å². The van der Waals surface area contributed by atoms with E-state index in [0.29, 0.717) is 11.6 Å². The molecule has 1 aromatic rings. The number of likely N-dealkylation sites (tertiary alicyclic amines) is 1. The lowest BCUT2D eigenvalue weighted by Crippen LogP contribution is -2.26. The monoisotopic (exact) mass is 230 g/mol. The molecule has 0 aromatic heterocycles. The van der Waals surface area contributed by atoms with Crippen LogP contribution in [0, 0.1) is 11.3 Å². The van der Waals surface area contributed by atoms with Gasteiger partial charge in [0.1, 0.15) is 5.75 Å². The minimum Gasteiger partial charge on any atom is -0.493 e. The summed E-state index contributed by atoms with van der Waals surface area (Å²) in [4.78, 5) is 2.40. The Morgan fingerprint density at radius 2 is 2.41 bits per heavy atom. The Kier molecular flexibility index (Phi) is 4.00. The van der Waals surface area contributed by atoms with Crippen LogP contribution in [0.5, 0.6) is 5.75 Å². The third kappa shape index (κ3) is 3.21. The van der Waals surface area contributed by atoms with Gasteiger partial charge in [-0.3, -0.25) is 0 Å². The molecule has 17 heavy (non-hydrogen) atoms. The molecule has 1 unspecified atom stereocenters. The Morgan fingerprint density at radius 3 is 3.12 bits per heavy atom. The summed E-state index contributed by atoms with van der Waals surface area (Å²) in [6.45, 7) is 1.93. The van der Waals surface area contributed by atoms with Gasteiger partial charge in [-0.1, -0.05) is 6.07 Å². The summed E-state index contributed by atoms with van der Waals surface area (Å²) >= 11 is 0. The van der Waals surface area contributed by atoms with E-state index in [2.05, 4.69) is 18.0 Å². The smallest absolute Gasteiger partial charge is 0.120 e. The van der Waals surface area contributed by atoms with Crippen molar-refractivity contribution in [3.05, 3.63) is 29.8 Å². The predicted octanol–water partition coefficient (Wildman–Crippen LogP) is 2.42. The quantitative estimate of drug-likeness (QED) is 0.797. The van der Waals surface area contributed by atoms with Crippen LogP contribution in [0.25, 0.3) is 0 Å². The van der Waals surface area contributed by atoms with E-state index in [9.17, 15) is 0 Å². The highest BCUT2D eigenvalue weighted by molar-refractivity contribution is 5.36. The lowest BCUT2D eigenvalue weighted by molar-refractivity contribution is 0.233. The third-order valence-corrected chi connectivity index (χ3v) is 3.35. The van der Waals surface area contributed by atoms with Crippen LogP contribution in [0.15, 0.2) is 24.3 Å². The first kappa shape index (κ1) is 11.9. The van der Waals surface area contributed by atoms with Crippen molar-refractivity contribution >= 4 is 0 Å². The van der Waals surface area contributed by atoms with Crippen LogP contribution < -0.4 is 4.74 Å². The van der Waals surface area contributed by atoms with Gasteiger partial charge < -0.3 is 9.64 Å². The molecule has 0 spiro atoms. The summed E-state index contributed by atoms with van der Waals surface area (Å²) in [7, 11) is 2.17. The van der Waals surface area contributed by atoms with Gasteiger partial charge in [0.15, 0.2) is 0 Å². The molecule has 1 aliphatic heterocycles. The molecule has 1 heterocycles. The fourth-order valence-corrected chi connectivity index (χ4v) is 2.31. The summed E-state index contributed by atoms with van der Waals surface area (Å²) < 4.78 is 5.68. The molecule has 1 fully saturated rings. The van der Waals surface area contributed by atoms with E-state index in [1.54, 1.807) is 12.1 Å². The summed E-state index contributed by atoms with van der Waals surface area (Å²) in [6.07, 6.45) is 3.64. The van der Waals surface area contributed by atoms with Gasteiger partial charge >= 0.3 is 0 Å². The number of nitrogens with zero attached hydrogens (tertiary/aromatic N) is 2. The van der Waals surface area contributed by atoms with Crippen molar-refractivity contribution in [3.63, 3.8) is 0 Å². The van der Waals surface area contributed by atoms with Gasteiger partial charge in [0.2, 0.25) is 0 Å². The van der Waals surface area contributed by atoms with E-state index < -0.39 is 0 Å². The molecule has 1 aromatic carbocycles. The van der Waals surface area contributed by atoms with Crippen LogP contribution in [0.3, 0.4) is 0 Å². The fourth-order valence-electron chi connectivity index (χ4n) is 2.31. The van der Waals surface area contributed by atoms with Crippen molar-refractivity contribution in [2.24, 2.45) is 0 Å². The van der Waals surface area contributed by atoms with Crippen molar-refractivity contribution in [2.75, 3.05) is 20.2 Å². The third-order valence-electron chi connectivity index (χ3n) is 3.35. The lowest BCUT2D eigenvalue weighted by atomic mass is 10.1. The molecule has 0 N–H and O–H groups in total. The van der Waals surface area contributed by atoms with Gasteiger partial charge in [0.25, 0.3) is 0 Å². The summed E-state index contributed by atoms with van der Waals surface area (Å²) in [5.41, 5.74) is 0.653. The second-order valence-electron chi connectivity index (χ2n) is 4.55. The zero-order valence-corrected chi connectivity index (χ0v) is 10.2. The standard InChI is InChI=1S/C14H18N2O/c1-16-8-3-5-13(16)7-9-17-14-6-2-4-12(10-14)11-15/h2,4,6,10,13H,3,5,7-9H2,1H3. The molecule has 0 amide bonds. The molecule has 0 radical (unpaired) electrons. The molecule has 0 aliphatic carbocycles. The Morgan fingerprint density at radius 1 is 1.53 bits per heavy atom. The maximum Gasteiger partial charge on any atom is 0.120 e. The van der Waals surface area contributed by atoms with Gasteiger partial charge in [-0.15, -0.1) is 0 Å². The number of benzene rings is 1. The molecule has 0 bridgehead atoms. The van der Waals surface area contributed by atoms with Gasteiger partial charge in [-0.25, -0.2) is 0 Å². The van der Waals surface area contributed by atoms with E-state index in [0.717, 1.165) is 18.8 Å².